The molecule has 2 nitrogen and oxygen atoms in total. The van der Waals surface area contributed by atoms with Crippen molar-refractivity contribution in [1.82, 2.24) is 0 Å². The van der Waals surface area contributed by atoms with E-state index in [1.54, 1.807) is 7.11 Å². The van der Waals surface area contributed by atoms with Crippen LogP contribution in [-0.4, -0.2) is 24.4 Å². The summed E-state index contributed by atoms with van der Waals surface area (Å²) in [5.74, 6) is 0.217. The molecule has 2 unspecified atom stereocenters. The fourth-order valence-corrected chi connectivity index (χ4v) is 1.41. The summed E-state index contributed by atoms with van der Waals surface area (Å²) in [6.45, 7) is 6.76. The molecule has 0 aromatic heterocycles. The van der Waals surface area contributed by atoms with E-state index in [0.29, 0.717) is 6.61 Å². The van der Waals surface area contributed by atoms with Crippen LogP contribution in [0.15, 0.2) is 0 Å². The third-order valence-electron chi connectivity index (χ3n) is 2.76. The molecule has 2 atom stereocenters. The molecule has 13 heavy (non-hydrogen) atoms. The van der Waals surface area contributed by atoms with Crippen molar-refractivity contribution in [2.45, 2.75) is 52.1 Å². The maximum absolute atomic E-state index is 10.1. The molecule has 0 amide bonds. The van der Waals surface area contributed by atoms with Crippen LogP contribution in [-0.2, 0) is 4.74 Å². The second kappa shape index (κ2) is 6.39. The molecule has 0 saturated carbocycles. The molecule has 0 rings (SSSR count). The number of methoxy groups -OCH3 is 1. The fraction of sp³-hybridized carbons (Fsp3) is 1.00. The zero-order chi connectivity index (χ0) is 10.3. The van der Waals surface area contributed by atoms with Gasteiger partial charge in [-0.05, 0) is 13.3 Å². The van der Waals surface area contributed by atoms with Gasteiger partial charge in [-0.25, -0.2) is 0 Å². The number of hydrogen-bond acceptors (Lipinski definition) is 2. The maximum Gasteiger partial charge on any atom is 0.0667 e. The van der Waals surface area contributed by atoms with E-state index in [9.17, 15) is 5.11 Å². The zero-order valence-corrected chi connectivity index (χ0v) is 9.47. The molecule has 0 aliphatic heterocycles. The Bertz CT molecular complexity index is 121. The Morgan fingerprint density at radius 2 is 2.00 bits per heavy atom. The van der Waals surface area contributed by atoms with Gasteiger partial charge in [0.25, 0.3) is 0 Å². The zero-order valence-electron chi connectivity index (χ0n) is 9.47. The van der Waals surface area contributed by atoms with Crippen molar-refractivity contribution < 1.29 is 9.84 Å². The van der Waals surface area contributed by atoms with Crippen LogP contribution in [0.2, 0.25) is 0 Å². The van der Waals surface area contributed by atoms with Crippen LogP contribution >= 0.6 is 0 Å². The van der Waals surface area contributed by atoms with E-state index in [4.69, 9.17) is 4.74 Å². The van der Waals surface area contributed by atoms with Crippen molar-refractivity contribution in [3.8, 4) is 0 Å². The highest BCUT2D eigenvalue weighted by molar-refractivity contribution is 4.78. The van der Waals surface area contributed by atoms with Gasteiger partial charge in [0, 0.05) is 13.0 Å². The predicted molar refractivity (Wildman–Crippen MR) is 55.8 cm³/mol. The highest BCUT2D eigenvalue weighted by atomic mass is 16.5. The van der Waals surface area contributed by atoms with Crippen molar-refractivity contribution in [3.63, 3.8) is 0 Å². The summed E-state index contributed by atoms with van der Waals surface area (Å²) >= 11 is 0. The van der Waals surface area contributed by atoms with Crippen LogP contribution in [0.25, 0.3) is 0 Å². The van der Waals surface area contributed by atoms with Crippen LogP contribution in [0.4, 0.5) is 0 Å². The van der Waals surface area contributed by atoms with Crippen molar-refractivity contribution in [2.24, 2.45) is 5.92 Å². The van der Waals surface area contributed by atoms with Crippen molar-refractivity contribution in [3.05, 3.63) is 0 Å². The summed E-state index contributed by atoms with van der Waals surface area (Å²) in [5, 5.41) is 10.1. The summed E-state index contributed by atoms with van der Waals surface area (Å²) in [5.41, 5.74) is -0.564. The molecule has 0 spiro atoms. The van der Waals surface area contributed by atoms with Crippen LogP contribution < -0.4 is 0 Å². The summed E-state index contributed by atoms with van der Waals surface area (Å²) in [4.78, 5) is 0. The molecule has 0 bridgehead atoms. The Morgan fingerprint density at radius 1 is 1.38 bits per heavy atom. The van der Waals surface area contributed by atoms with Crippen LogP contribution in [0.5, 0.6) is 0 Å². The van der Waals surface area contributed by atoms with Gasteiger partial charge in [-0.1, -0.05) is 33.1 Å². The number of rotatable bonds is 7. The standard InChI is InChI=1S/C11H24O2/c1-5-6-7-8-11(3,12)10(2)9-13-4/h10,12H,5-9H2,1-4H3. The lowest BCUT2D eigenvalue weighted by atomic mass is 9.86. The van der Waals surface area contributed by atoms with Gasteiger partial charge in [0.05, 0.1) is 12.2 Å². The topological polar surface area (TPSA) is 29.5 Å². The summed E-state index contributed by atoms with van der Waals surface area (Å²) in [6.07, 6.45) is 4.40. The Morgan fingerprint density at radius 3 is 2.46 bits per heavy atom. The molecular formula is C11H24O2. The minimum atomic E-state index is -0.564. The van der Waals surface area contributed by atoms with Gasteiger partial charge >= 0.3 is 0 Å². The van der Waals surface area contributed by atoms with Crippen LogP contribution in [0.3, 0.4) is 0 Å². The molecular weight excluding hydrogens is 164 g/mol. The normalized spacial score (nSPS) is 18.2. The molecule has 0 aliphatic rings. The molecule has 0 radical (unpaired) electrons. The third kappa shape index (κ3) is 5.27. The van der Waals surface area contributed by atoms with Crippen LogP contribution in [0.1, 0.15) is 46.5 Å². The molecule has 0 fully saturated rings. The monoisotopic (exact) mass is 188 g/mol. The summed E-state index contributed by atoms with van der Waals surface area (Å²) in [6, 6.07) is 0. The average Bonchev–Trinajstić information content (AvgIpc) is 2.05. The highest BCUT2D eigenvalue weighted by Crippen LogP contribution is 2.23. The molecule has 2 heteroatoms. The van der Waals surface area contributed by atoms with E-state index >= 15 is 0 Å². The Labute approximate surface area is 82.3 Å². The average molecular weight is 188 g/mol. The highest BCUT2D eigenvalue weighted by Gasteiger charge is 2.27. The minimum absolute atomic E-state index is 0.217. The maximum atomic E-state index is 10.1. The lowest BCUT2D eigenvalue weighted by molar-refractivity contribution is -0.0328. The summed E-state index contributed by atoms with van der Waals surface area (Å²) in [7, 11) is 1.68. The lowest BCUT2D eigenvalue weighted by Gasteiger charge is -2.29. The SMILES string of the molecule is CCCCCC(C)(O)C(C)COC. The number of hydrogen-bond donors (Lipinski definition) is 1. The van der Waals surface area contributed by atoms with Crippen molar-refractivity contribution in [1.29, 1.82) is 0 Å². The van der Waals surface area contributed by atoms with E-state index in [2.05, 4.69) is 6.92 Å². The van der Waals surface area contributed by atoms with Crippen molar-refractivity contribution >= 4 is 0 Å². The van der Waals surface area contributed by atoms with Gasteiger partial charge < -0.3 is 9.84 Å². The van der Waals surface area contributed by atoms with E-state index in [1.807, 2.05) is 13.8 Å². The first-order valence-corrected chi connectivity index (χ1v) is 5.26. The Balaban J connectivity index is 3.76. The van der Waals surface area contributed by atoms with Gasteiger partial charge in [0.15, 0.2) is 0 Å². The predicted octanol–water partition coefficient (Wildman–Crippen LogP) is 2.60. The van der Waals surface area contributed by atoms with E-state index in [-0.39, 0.29) is 5.92 Å². The first-order valence-electron chi connectivity index (χ1n) is 5.26. The van der Waals surface area contributed by atoms with Crippen molar-refractivity contribution in [2.75, 3.05) is 13.7 Å². The fourth-order valence-electron chi connectivity index (χ4n) is 1.41. The first kappa shape index (κ1) is 12.9. The molecule has 0 aliphatic carbocycles. The van der Waals surface area contributed by atoms with Gasteiger partial charge in [0.1, 0.15) is 0 Å². The molecule has 80 valence electrons. The largest absolute Gasteiger partial charge is 0.390 e. The summed E-state index contributed by atoms with van der Waals surface area (Å²) < 4.78 is 5.04. The van der Waals surface area contributed by atoms with Gasteiger partial charge in [0.2, 0.25) is 0 Å². The Hall–Kier alpha value is -0.0800. The smallest absolute Gasteiger partial charge is 0.0667 e. The molecule has 0 heterocycles. The first-order chi connectivity index (χ1) is 6.04. The minimum Gasteiger partial charge on any atom is -0.390 e. The second-order valence-electron chi connectivity index (χ2n) is 4.17. The third-order valence-corrected chi connectivity index (χ3v) is 2.76. The van der Waals surface area contributed by atoms with Gasteiger partial charge in [-0.15, -0.1) is 0 Å². The quantitative estimate of drug-likeness (QED) is 0.622. The van der Waals surface area contributed by atoms with E-state index in [1.165, 1.54) is 12.8 Å². The van der Waals surface area contributed by atoms with Gasteiger partial charge in [-0.3, -0.25) is 0 Å². The Kier molecular flexibility index (Phi) is 6.35. The van der Waals surface area contributed by atoms with Gasteiger partial charge in [-0.2, -0.15) is 0 Å². The van der Waals surface area contributed by atoms with Crippen LogP contribution in [0, 0.1) is 5.92 Å². The van der Waals surface area contributed by atoms with E-state index < -0.39 is 5.60 Å². The molecule has 0 aromatic carbocycles. The molecule has 0 saturated heterocycles. The molecule has 0 aromatic rings. The number of aliphatic hydroxyl groups is 1. The lowest BCUT2D eigenvalue weighted by Crippen LogP contribution is -2.35. The number of unbranched alkanes of at least 4 members (excludes halogenated alkanes) is 2. The van der Waals surface area contributed by atoms with E-state index in [0.717, 1.165) is 12.8 Å². The second-order valence-corrected chi connectivity index (χ2v) is 4.17. The molecule has 1 N–H and O–H groups in total. The number of ether oxygens (including phenoxy) is 1.